The molecule has 0 aliphatic carbocycles. The first-order valence-electron chi connectivity index (χ1n) is 9.88. The van der Waals surface area contributed by atoms with Crippen LogP contribution in [-0.2, 0) is 11.3 Å². The number of furan rings is 1. The van der Waals surface area contributed by atoms with Gasteiger partial charge in [-0.25, -0.2) is 0 Å². The van der Waals surface area contributed by atoms with Crippen molar-refractivity contribution < 1.29 is 19.1 Å². The highest BCUT2D eigenvalue weighted by Crippen LogP contribution is 2.27. The fourth-order valence-electron chi connectivity index (χ4n) is 3.50. The first-order chi connectivity index (χ1) is 14.6. The van der Waals surface area contributed by atoms with Crippen molar-refractivity contribution in [3.05, 3.63) is 54.1 Å². The number of amides is 2. The molecule has 3 heterocycles. The second-order valence-electron chi connectivity index (χ2n) is 7.09. The van der Waals surface area contributed by atoms with Crippen LogP contribution < -0.4 is 5.32 Å². The van der Waals surface area contributed by atoms with Crippen LogP contribution in [0.5, 0.6) is 0 Å². The van der Waals surface area contributed by atoms with Gasteiger partial charge in [0, 0.05) is 37.6 Å². The van der Waals surface area contributed by atoms with Crippen LogP contribution in [-0.4, -0.2) is 63.1 Å². The average molecular weight is 409 g/mol. The van der Waals surface area contributed by atoms with E-state index in [2.05, 4.69) is 21.7 Å². The largest absolute Gasteiger partial charge is 0.451 e. The minimum atomic E-state index is -0.358. The Labute approximate surface area is 173 Å². The summed E-state index contributed by atoms with van der Waals surface area (Å²) < 4.78 is 7.26. The van der Waals surface area contributed by atoms with Gasteiger partial charge in [-0.15, -0.1) is 5.10 Å². The molecule has 2 aromatic heterocycles. The molecule has 0 radical (unpaired) electrons. The number of benzene rings is 1. The number of aliphatic hydroxyl groups is 1. The van der Waals surface area contributed by atoms with Crippen molar-refractivity contribution in [1.82, 2.24) is 25.2 Å². The number of carbonyl (C=O) groups excluding carboxylic acids is 2. The molecule has 2 N–H and O–H groups in total. The number of aromatic nitrogens is 3. The lowest BCUT2D eigenvalue weighted by Crippen LogP contribution is -2.35. The fourth-order valence-corrected chi connectivity index (χ4v) is 3.50. The highest BCUT2D eigenvalue weighted by atomic mass is 16.3. The van der Waals surface area contributed by atoms with Crippen LogP contribution in [0.25, 0.3) is 16.5 Å². The van der Waals surface area contributed by atoms with Crippen LogP contribution in [0.2, 0.25) is 0 Å². The van der Waals surface area contributed by atoms with Crippen molar-refractivity contribution in [3.8, 4) is 0 Å². The van der Waals surface area contributed by atoms with Crippen LogP contribution in [0.3, 0.4) is 0 Å². The maximum atomic E-state index is 12.6. The number of nitrogens with one attached hydrogen (secondary N) is 1. The summed E-state index contributed by atoms with van der Waals surface area (Å²) in [4.78, 5) is 26.5. The van der Waals surface area contributed by atoms with Crippen molar-refractivity contribution in [2.24, 2.45) is 0 Å². The van der Waals surface area contributed by atoms with E-state index in [-0.39, 0.29) is 30.7 Å². The third kappa shape index (κ3) is 4.41. The van der Waals surface area contributed by atoms with E-state index >= 15 is 0 Å². The lowest BCUT2D eigenvalue weighted by Gasteiger charge is -2.27. The summed E-state index contributed by atoms with van der Waals surface area (Å²) in [6.07, 6.45) is 6.66. The first-order valence-corrected chi connectivity index (χ1v) is 9.88. The number of rotatable bonds is 7. The van der Waals surface area contributed by atoms with Gasteiger partial charge in [0.15, 0.2) is 5.76 Å². The zero-order valence-corrected chi connectivity index (χ0v) is 16.5. The third-order valence-corrected chi connectivity index (χ3v) is 5.04. The summed E-state index contributed by atoms with van der Waals surface area (Å²) in [6.45, 7) is 1.80. The summed E-state index contributed by atoms with van der Waals surface area (Å²) in [5.74, 6) is -0.0655. The fraction of sp³-hybridized carbons (Fsp3) is 0.333. The Morgan fingerprint density at radius 3 is 2.97 bits per heavy atom. The molecule has 1 aromatic carbocycles. The Morgan fingerprint density at radius 1 is 1.27 bits per heavy atom. The molecule has 1 aliphatic rings. The molecule has 0 saturated carbocycles. The highest BCUT2D eigenvalue weighted by Gasteiger charge is 2.20. The van der Waals surface area contributed by atoms with Gasteiger partial charge >= 0.3 is 0 Å². The Kier molecular flexibility index (Phi) is 5.89. The quantitative estimate of drug-likeness (QED) is 0.611. The Hall–Kier alpha value is -3.46. The van der Waals surface area contributed by atoms with Crippen LogP contribution in [0.1, 0.15) is 29.0 Å². The average Bonchev–Trinajstić information content (AvgIpc) is 3.45. The predicted octanol–water partition coefficient (Wildman–Crippen LogP) is 1.45. The van der Waals surface area contributed by atoms with E-state index in [0.29, 0.717) is 31.6 Å². The van der Waals surface area contributed by atoms with E-state index in [4.69, 9.17) is 9.52 Å². The van der Waals surface area contributed by atoms with Crippen molar-refractivity contribution in [1.29, 1.82) is 0 Å². The molecular formula is C21H23N5O4. The molecule has 9 heteroatoms. The molecule has 0 bridgehead atoms. The van der Waals surface area contributed by atoms with Gasteiger partial charge in [0.25, 0.3) is 5.91 Å². The maximum absolute atomic E-state index is 12.6. The second kappa shape index (κ2) is 8.91. The summed E-state index contributed by atoms with van der Waals surface area (Å²) in [5, 5.41) is 19.9. The number of hydrogen-bond acceptors (Lipinski definition) is 6. The van der Waals surface area contributed by atoms with Gasteiger partial charge in [-0.1, -0.05) is 17.4 Å². The van der Waals surface area contributed by atoms with Crippen LogP contribution in [0.15, 0.2) is 47.2 Å². The summed E-state index contributed by atoms with van der Waals surface area (Å²) >= 11 is 0. The number of fused-ring (bicyclic) bond motifs is 1. The molecule has 0 saturated heterocycles. The molecule has 2 amide bonds. The van der Waals surface area contributed by atoms with Crippen LogP contribution in [0.4, 0.5) is 0 Å². The molecule has 0 atom stereocenters. The molecule has 4 rings (SSSR count). The molecule has 0 spiro atoms. The lowest BCUT2D eigenvalue weighted by molar-refractivity contribution is -0.131. The normalized spacial score (nSPS) is 14.0. The number of hydrogen-bond donors (Lipinski definition) is 2. The number of aliphatic hydroxyl groups excluding tert-OH is 1. The molecule has 30 heavy (non-hydrogen) atoms. The second-order valence-corrected chi connectivity index (χ2v) is 7.09. The lowest BCUT2D eigenvalue weighted by atomic mass is 9.99. The SMILES string of the molecule is O=C(NCCO)c1cc2cc(C3=CCCN(C(=O)CCn4ccnn4)C3)ccc2o1. The summed E-state index contributed by atoms with van der Waals surface area (Å²) in [7, 11) is 0. The molecule has 3 aromatic rings. The molecule has 156 valence electrons. The van der Waals surface area contributed by atoms with E-state index in [1.165, 1.54) is 0 Å². The van der Waals surface area contributed by atoms with Gasteiger partial charge in [-0.2, -0.15) is 0 Å². The third-order valence-electron chi connectivity index (χ3n) is 5.04. The Balaban J connectivity index is 1.44. The van der Waals surface area contributed by atoms with E-state index in [1.807, 2.05) is 23.1 Å². The molecule has 0 fully saturated rings. The topological polar surface area (TPSA) is 113 Å². The standard InChI is InChI=1S/C21H23N5O4/c27-11-7-22-21(29)19-13-17-12-15(3-4-18(17)30-19)16-2-1-8-25(14-16)20(28)5-9-26-10-6-23-24-26/h2-4,6,10,12-13,27H,1,5,7-9,11,14H2,(H,22,29). The molecule has 1 aliphatic heterocycles. The smallest absolute Gasteiger partial charge is 0.287 e. The highest BCUT2D eigenvalue weighted by molar-refractivity contribution is 5.96. The minimum absolute atomic E-state index is 0.0864. The van der Waals surface area contributed by atoms with Gasteiger partial charge < -0.3 is 19.7 Å². The van der Waals surface area contributed by atoms with Crippen molar-refractivity contribution >= 4 is 28.4 Å². The van der Waals surface area contributed by atoms with Gasteiger partial charge in [-0.3, -0.25) is 14.3 Å². The number of nitrogens with zero attached hydrogens (tertiary/aromatic N) is 4. The zero-order valence-electron chi connectivity index (χ0n) is 16.5. The number of carbonyl (C=O) groups is 2. The molecular weight excluding hydrogens is 386 g/mol. The van der Waals surface area contributed by atoms with E-state index in [0.717, 1.165) is 22.9 Å². The molecule has 0 unspecified atom stereocenters. The van der Waals surface area contributed by atoms with Crippen molar-refractivity contribution in [3.63, 3.8) is 0 Å². The zero-order chi connectivity index (χ0) is 20.9. The summed E-state index contributed by atoms with van der Waals surface area (Å²) in [5.41, 5.74) is 2.69. The van der Waals surface area contributed by atoms with E-state index < -0.39 is 0 Å². The summed E-state index contributed by atoms with van der Waals surface area (Å²) in [6, 6.07) is 7.43. The number of aryl methyl sites for hydroxylation is 1. The Morgan fingerprint density at radius 2 is 2.17 bits per heavy atom. The van der Waals surface area contributed by atoms with Gasteiger partial charge in [-0.05, 0) is 35.8 Å². The van der Waals surface area contributed by atoms with E-state index in [9.17, 15) is 9.59 Å². The molecule has 9 nitrogen and oxygen atoms in total. The van der Waals surface area contributed by atoms with Gasteiger partial charge in [0.05, 0.1) is 19.3 Å². The van der Waals surface area contributed by atoms with E-state index in [1.54, 1.807) is 23.1 Å². The van der Waals surface area contributed by atoms with Crippen LogP contribution >= 0.6 is 0 Å². The van der Waals surface area contributed by atoms with Crippen molar-refractivity contribution in [2.75, 3.05) is 26.2 Å². The van der Waals surface area contributed by atoms with Crippen molar-refractivity contribution in [2.45, 2.75) is 19.4 Å². The maximum Gasteiger partial charge on any atom is 0.287 e. The monoisotopic (exact) mass is 409 g/mol. The van der Waals surface area contributed by atoms with Gasteiger partial charge in [0.2, 0.25) is 5.91 Å². The van der Waals surface area contributed by atoms with Gasteiger partial charge in [0.1, 0.15) is 5.58 Å². The first kappa shape index (κ1) is 19.8. The minimum Gasteiger partial charge on any atom is -0.451 e. The predicted molar refractivity (Wildman–Crippen MR) is 109 cm³/mol. The van der Waals surface area contributed by atoms with Crippen LogP contribution in [0, 0.1) is 0 Å². The Bertz CT molecular complexity index is 1070.